The summed E-state index contributed by atoms with van der Waals surface area (Å²) in [6, 6.07) is 8.93. The van der Waals surface area contributed by atoms with Gasteiger partial charge in [0.1, 0.15) is 5.69 Å². The van der Waals surface area contributed by atoms with E-state index in [9.17, 15) is 5.21 Å². The number of hydrogen-bond donors (Lipinski definition) is 2. The first-order chi connectivity index (χ1) is 11.4. The van der Waals surface area contributed by atoms with E-state index < -0.39 is 0 Å². The highest BCUT2D eigenvalue weighted by Crippen LogP contribution is 2.27. The number of para-hydroxylation sites is 2. The molecule has 0 radical (unpaired) electrons. The standard InChI is InChI=1S/C15H23N3O.2C2H6/c19-16-14-7-3-4-8-15(14)18-11-9-17(10-12-18)13-5-1-2-6-13;2*1-2/h3-4,7-8,13,16,19H,1-2,5-6,9-12H2;2*1-2H3/p+1. The molecule has 0 amide bonds. The Balaban J connectivity index is 0.000000615. The maximum atomic E-state index is 9.31. The van der Waals surface area contributed by atoms with E-state index in [0.717, 1.165) is 43.6 Å². The van der Waals surface area contributed by atoms with Crippen molar-refractivity contribution >= 4 is 11.4 Å². The molecule has 132 valence electrons. The summed E-state index contributed by atoms with van der Waals surface area (Å²) in [6.45, 7) is 12.5. The Kier molecular flexibility index (Phi) is 9.92. The summed E-state index contributed by atoms with van der Waals surface area (Å²) in [5, 5.41) is 9.31. The lowest BCUT2D eigenvalue weighted by Gasteiger charge is -2.39. The SMILES string of the molecule is CC.CC.O[NH2+]c1ccccc1N1CCN(C2CCCC2)CC1. The molecular formula is C19H36N3O+. The van der Waals surface area contributed by atoms with E-state index in [2.05, 4.69) is 15.9 Å². The van der Waals surface area contributed by atoms with E-state index >= 15 is 0 Å². The van der Waals surface area contributed by atoms with Crippen molar-refractivity contribution in [2.45, 2.75) is 59.4 Å². The Hall–Kier alpha value is -1.10. The van der Waals surface area contributed by atoms with Gasteiger partial charge in [0.05, 0.1) is 0 Å². The van der Waals surface area contributed by atoms with Gasteiger partial charge in [0, 0.05) is 38.3 Å². The van der Waals surface area contributed by atoms with Gasteiger partial charge in [0.2, 0.25) is 0 Å². The average molecular weight is 323 g/mol. The third-order valence-corrected chi connectivity index (χ3v) is 4.57. The van der Waals surface area contributed by atoms with Gasteiger partial charge in [0.25, 0.3) is 0 Å². The fourth-order valence-corrected chi connectivity index (χ4v) is 3.48. The van der Waals surface area contributed by atoms with Crippen LogP contribution in [0, 0.1) is 0 Å². The normalized spacial score (nSPS) is 18.7. The quantitative estimate of drug-likeness (QED) is 0.662. The Bertz CT molecular complexity index is 411. The molecule has 23 heavy (non-hydrogen) atoms. The van der Waals surface area contributed by atoms with Gasteiger partial charge in [-0.15, -0.1) is 0 Å². The second-order valence-electron chi connectivity index (χ2n) is 5.65. The molecule has 1 aliphatic carbocycles. The lowest BCUT2D eigenvalue weighted by molar-refractivity contribution is -0.825. The number of anilines is 1. The molecule has 3 N–H and O–H groups in total. The van der Waals surface area contributed by atoms with Crippen LogP contribution in [0.15, 0.2) is 24.3 Å². The maximum Gasteiger partial charge on any atom is 0.185 e. The molecule has 1 aromatic carbocycles. The average Bonchev–Trinajstić information content (AvgIpc) is 3.20. The highest BCUT2D eigenvalue weighted by molar-refractivity contribution is 5.62. The van der Waals surface area contributed by atoms with Crippen LogP contribution >= 0.6 is 0 Å². The van der Waals surface area contributed by atoms with Gasteiger partial charge in [-0.1, -0.05) is 52.7 Å². The van der Waals surface area contributed by atoms with Gasteiger partial charge < -0.3 is 4.90 Å². The predicted molar refractivity (Wildman–Crippen MR) is 98.6 cm³/mol. The number of benzene rings is 1. The van der Waals surface area contributed by atoms with E-state index in [1.165, 1.54) is 31.2 Å². The zero-order valence-corrected chi connectivity index (χ0v) is 15.5. The Morgan fingerprint density at radius 1 is 0.913 bits per heavy atom. The van der Waals surface area contributed by atoms with E-state index in [-0.39, 0.29) is 0 Å². The Morgan fingerprint density at radius 3 is 2.04 bits per heavy atom. The van der Waals surface area contributed by atoms with Crippen molar-refractivity contribution in [1.29, 1.82) is 0 Å². The topological polar surface area (TPSA) is 43.3 Å². The van der Waals surface area contributed by atoms with Crippen LogP contribution in [0.3, 0.4) is 0 Å². The summed E-state index contributed by atoms with van der Waals surface area (Å²) in [5.74, 6) is 0. The lowest BCUT2D eigenvalue weighted by Crippen LogP contribution is -2.74. The van der Waals surface area contributed by atoms with Crippen molar-refractivity contribution in [3.05, 3.63) is 24.3 Å². The minimum atomic E-state index is 0.835. The van der Waals surface area contributed by atoms with E-state index in [1.54, 1.807) is 0 Å². The van der Waals surface area contributed by atoms with Crippen molar-refractivity contribution in [2.24, 2.45) is 0 Å². The van der Waals surface area contributed by atoms with E-state index in [1.807, 2.05) is 45.9 Å². The summed E-state index contributed by atoms with van der Waals surface area (Å²) in [5.41, 5.74) is 3.31. The lowest BCUT2D eigenvalue weighted by atomic mass is 10.1. The molecule has 0 unspecified atom stereocenters. The van der Waals surface area contributed by atoms with Crippen LogP contribution in [0.25, 0.3) is 0 Å². The summed E-state index contributed by atoms with van der Waals surface area (Å²) in [7, 11) is 0. The van der Waals surface area contributed by atoms with Crippen molar-refractivity contribution in [3.8, 4) is 0 Å². The first kappa shape index (κ1) is 19.9. The van der Waals surface area contributed by atoms with Crippen molar-refractivity contribution in [2.75, 3.05) is 31.1 Å². The van der Waals surface area contributed by atoms with Gasteiger partial charge in [0.15, 0.2) is 5.69 Å². The van der Waals surface area contributed by atoms with Gasteiger partial charge >= 0.3 is 0 Å². The van der Waals surface area contributed by atoms with Gasteiger partial charge in [-0.3, -0.25) is 4.90 Å². The molecule has 1 saturated heterocycles. The second kappa shape index (κ2) is 11.4. The van der Waals surface area contributed by atoms with Crippen LogP contribution in [0.4, 0.5) is 11.4 Å². The van der Waals surface area contributed by atoms with Crippen molar-refractivity contribution < 1.29 is 10.7 Å². The Morgan fingerprint density at radius 2 is 1.48 bits per heavy atom. The van der Waals surface area contributed by atoms with Crippen molar-refractivity contribution in [3.63, 3.8) is 0 Å². The maximum absolute atomic E-state index is 9.31. The van der Waals surface area contributed by atoms with Crippen LogP contribution in [0.1, 0.15) is 53.4 Å². The molecule has 4 heteroatoms. The monoisotopic (exact) mass is 322 g/mol. The van der Waals surface area contributed by atoms with Crippen LogP contribution in [0.5, 0.6) is 0 Å². The largest absolute Gasteiger partial charge is 0.364 e. The number of rotatable bonds is 3. The number of piperazine rings is 1. The minimum absolute atomic E-state index is 0.835. The summed E-state index contributed by atoms with van der Waals surface area (Å²) in [4.78, 5) is 5.06. The van der Waals surface area contributed by atoms with E-state index in [4.69, 9.17) is 0 Å². The molecule has 2 aliphatic rings. The summed E-state index contributed by atoms with van der Waals surface area (Å²) in [6.07, 6.45) is 5.60. The van der Waals surface area contributed by atoms with Gasteiger partial charge in [-0.2, -0.15) is 5.48 Å². The summed E-state index contributed by atoms with van der Waals surface area (Å²) >= 11 is 0. The molecule has 4 nitrogen and oxygen atoms in total. The zero-order chi connectivity index (χ0) is 17.1. The number of quaternary nitrogens is 1. The molecule has 1 heterocycles. The second-order valence-corrected chi connectivity index (χ2v) is 5.65. The molecular weight excluding hydrogens is 286 g/mol. The number of nitrogens with two attached hydrogens (primary N) is 1. The van der Waals surface area contributed by atoms with Crippen molar-refractivity contribution in [1.82, 2.24) is 4.90 Å². The first-order valence-electron chi connectivity index (χ1n) is 9.44. The predicted octanol–water partition coefficient (Wildman–Crippen LogP) is 3.39. The fourth-order valence-electron chi connectivity index (χ4n) is 3.48. The van der Waals surface area contributed by atoms with Crippen LogP contribution in [-0.2, 0) is 0 Å². The third-order valence-electron chi connectivity index (χ3n) is 4.57. The molecule has 0 bridgehead atoms. The smallest absolute Gasteiger partial charge is 0.185 e. The zero-order valence-electron chi connectivity index (χ0n) is 15.5. The van der Waals surface area contributed by atoms with Crippen LogP contribution in [-0.4, -0.2) is 42.3 Å². The molecule has 0 aromatic heterocycles. The molecule has 0 spiro atoms. The number of nitrogens with zero attached hydrogens (tertiary/aromatic N) is 2. The van der Waals surface area contributed by atoms with Gasteiger partial charge in [-0.25, -0.2) is 5.21 Å². The molecule has 3 rings (SSSR count). The molecule has 0 atom stereocenters. The molecule has 1 aromatic rings. The highest BCUT2D eigenvalue weighted by Gasteiger charge is 2.27. The van der Waals surface area contributed by atoms with Crippen LogP contribution < -0.4 is 10.4 Å². The molecule has 1 saturated carbocycles. The van der Waals surface area contributed by atoms with Crippen LogP contribution in [0.2, 0.25) is 0 Å². The Labute approximate surface area is 142 Å². The minimum Gasteiger partial charge on any atom is -0.364 e. The van der Waals surface area contributed by atoms with Gasteiger partial charge in [-0.05, 0) is 18.9 Å². The number of hydrogen-bond acceptors (Lipinski definition) is 3. The third kappa shape index (κ3) is 5.48. The molecule has 1 aliphatic heterocycles. The van der Waals surface area contributed by atoms with E-state index in [0.29, 0.717) is 0 Å². The summed E-state index contributed by atoms with van der Waals surface area (Å²) < 4.78 is 0. The molecule has 2 fully saturated rings. The fraction of sp³-hybridized carbons (Fsp3) is 0.684. The highest BCUT2D eigenvalue weighted by atomic mass is 16.5. The first-order valence-corrected chi connectivity index (χ1v) is 9.44.